The fourth-order valence-electron chi connectivity index (χ4n) is 7.11. The smallest absolute Gasteiger partial charge is 0.0660 e. The summed E-state index contributed by atoms with van der Waals surface area (Å²) in [6, 6.07) is -2.56. The van der Waals surface area contributed by atoms with E-state index >= 15 is 0 Å². The molecule has 12 rings (SSSR count). The highest BCUT2D eigenvalue weighted by Gasteiger charge is 2.17. The van der Waals surface area contributed by atoms with Gasteiger partial charge in [0.2, 0.25) is 0 Å². The third-order valence-electron chi connectivity index (χ3n) is 9.69. The summed E-state index contributed by atoms with van der Waals surface area (Å²) in [6.45, 7) is 0. The maximum atomic E-state index is 9.93. The van der Waals surface area contributed by atoms with Gasteiger partial charge in [0, 0.05) is 53.1 Å². The zero-order valence-corrected chi connectivity index (χ0v) is 29.8. The monoisotopic (exact) mass is 767 g/mol. The fraction of sp³-hybridized carbons (Fsp3) is 0. The number of thiophene rings is 1. The van der Waals surface area contributed by atoms with E-state index in [-0.39, 0.29) is 81.5 Å². The molecule has 0 saturated heterocycles. The lowest BCUT2D eigenvalue weighted by Gasteiger charge is -2.09. The lowest BCUT2D eigenvalue weighted by molar-refractivity contribution is 1.18. The van der Waals surface area contributed by atoms with Crippen LogP contribution >= 0.6 is 11.3 Å². The Kier molecular flexibility index (Phi) is 3.58. The summed E-state index contributed by atoms with van der Waals surface area (Å²) in [4.78, 5) is 0. The zero-order chi connectivity index (χ0) is 59.2. The summed E-state index contributed by atoms with van der Waals surface area (Å²) in [5.74, 6) is 0. The van der Waals surface area contributed by atoms with Gasteiger partial charge in [-0.1, -0.05) is 139 Å². The van der Waals surface area contributed by atoms with Crippen LogP contribution in [0.4, 0.5) is 0 Å². The van der Waals surface area contributed by atoms with Crippen LogP contribution in [-0.4, -0.2) is 9.13 Å². The molecule has 12 aromatic rings. The first-order valence-corrected chi connectivity index (χ1v) is 18.3. The predicted octanol–water partition coefficient (Wildman–Crippen LogP) is 15.2. The van der Waals surface area contributed by atoms with Gasteiger partial charge in [-0.2, -0.15) is 0 Å². The molecule has 0 fully saturated rings. The van der Waals surface area contributed by atoms with Crippen LogP contribution in [0.1, 0.15) is 34.3 Å². The number of rotatable bonds is 5. The van der Waals surface area contributed by atoms with Crippen molar-refractivity contribution in [3.05, 3.63) is 206 Å². The second-order valence-electron chi connectivity index (χ2n) is 12.9. The number of fused-ring (bicyclic) bond motifs is 9. The molecule has 2 nitrogen and oxygen atoms in total. The lowest BCUT2D eigenvalue weighted by atomic mass is 9.99. The van der Waals surface area contributed by atoms with Crippen LogP contribution in [0.15, 0.2) is 206 Å². The number of benzene rings is 9. The minimum absolute atomic E-state index is 0.0420. The molecule has 3 aromatic heterocycles. The van der Waals surface area contributed by atoms with Crippen molar-refractivity contribution in [1.82, 2.24) is 9.13 Å². The predicted molar refractivity (Wildman–Crippen MR) is 244 cm³/mol. The Morgan fingerprint density at radius 1 is 0.316 bits per heavy atom. The van der Waals surface area contributed by atoms with Crippen LogP contribution in [0.5, 0.6) is 0 Å². The molecule has 57 heavy (non-hydrogen) atoms. The molecular weight excluding hydrogens is 709 g/mol. The van der Waals surface area contributed by atoms with Crippen LogP contribution in [0, 0.1) is 0 Å². The highest BCUT2D eigenvalue weighted by atomic mass is 32.1. The summed E-state index contributed by atoms with van der Waals surface area (Å²) in [5, 5.41) is -1.59. The van der Waals surface area contributed by atoms with E-state index < -0.39 is 172 Å². The summed E-state index contributed by atoms with van der Waals surface area (Å²) in [5.41, 5.74) is -3.38. The van der Waals surface area contributed by atoms with Gasteiger partial charge < -0.3 is 9.13 Å². The molecule has 0 saturated carbocycles. The highest BCUT2D eigenvalue weighted by Crippen LogP contribution is 2.41. The molecule has 0 spiro atoms. The Hall–Kier alpha value is -7.20. The van der Waals surface area contributed by atoms with E-state index in [0.717, 1.165) is 10.6 Å². The molecule has 0 amide bonds. The number of aromatic nitrogens is 2. The summed E-state index contributed by atoms with van der Waals surface area (Å²) >= 11 is 0.657. The number of para-hydroxylation sites is 3. The molecule has 0 aliphatic heterocycles. The van der Waals surface area contributed by atoms with Gasteiger partial charge in [0.25, 0.3) is 0 Å². The molecule has 0 aliphatic carbocycles. The molecule has 0 unspecified atom stereocenters. The van der Waals surface area contributed by atoms with Gasteiger partial charge in [0.1, 0.15) is 0 Å². The maximum absolute atomic E-state index is 9.93. The van der Waals surface area contributed by atoms with Gasteiger partial charge in [0.05, 0.1) is 56.3 Å². The van der Waals surface area contributed by atoms with Crippen molar-refractivity contribution in [3.8, 4) is 44.8 Å². The van der Waals surface area contributed by atoms with Crippen molar-refractivity contribution < 1.29 is 34.3 Å². The van der Waals surface area contributed by atoms with E-state index in [0.29, 0.717) is 17.0 Å². The number of hydrogen-bond donors (Lipinski definition) is 0. The second-order valence-corrected chi connectivity index (χ2v) is 14.0. The summed E-state index contributed by atoms with van der Waals surface area (Å²) < 4.78 is 231. The maximum Gasteiger partial charge on any atom is 0.0660 e. The van der Waals surface area contributed by atoms with Crippen molar-refractivity contribution in [2.24, 2.45) is 0 Å². The molecule has 0 N–H and O–H groups in total. The minimum Gasteiger partial charge on any atom is -0.309 e. The average Bonchev–Trinajstić information content (AvgIpc) is 1.77. The Balaban J connectivity index is 1.15. The quantitative estimate of drug-likeness (QED) is 0.165. The van der Waals surface area contributed by atoms with E-state index in [4.69, 9.17) is 16.4 Å². The Bertz CT molecular complexity index is 4940. The number of nitrogens with zero attached hydrogens (tertiary/aromatic N) is 2. The van der Waals surface area contributed by atoms with E-state index in [1.54, 1.807) is 30.3 Å². The minimum atomic E-state index is -0.793. The summed E-state index contributed by atoms with van der Waals surface area (Å²) in [7, 11) is 0. The molecule has 0 bridgehead atoms. The van der Waals surface area contributed by atoms with Gasteiger partial charge >= 0.3 is 0 Å². The standard InChI is InChI=1S/C54H34N2S/c1-3-11-35(12-4-1)36-19-21-37(22-20-36)40-23-27-45-46-28-26-42(34-54(46)57-53(45)33-40)56-50-18-10-8-16-44(50)48-32-39(25-30-52(48)56)38-24-29-51-47(31-38)43-15-7-9-17-49(43)55(51)41-13-5-2-6-14-41/h1-34H/i3D,4D,7D,8D,9D,10D,15D,16D,17D,18D,19D,20D,21D,22D,23D,24D,25D,26D,27D,28D,29D,31D,32D,33D,34D. The Morgan fingerprint density at radius 3 is 1.60 bits per heavy atom. The molecule has 9 aromatic carbocycles. The first kappa shape index (κ1) is 16.1. The largest absolute Gasteiger partial charge is 0.309 e. The third-order valence-corrected chi connectivity index (χ3v) is 10.7. The van der Waals surface area contributed by atoms with Crippen LogP contribution < -0.4 is 0 Å². The molecular formula is C54H34N2S. The van der Waals surface area contributed by atoms with Crippen molar-refractivity contribution in [3.63, 3.8) is 0 Å². The fourth-order valence-corrected chi connectivity index (χ4v) is 8.13. The van der Waals surface area contributed by atoms with Crippen molar-refractivity contribution in [2.45, 2.75) is 0 Å². The van der Waals surface area contributed by atoms with E-state index in [1.807, 2.05) is 0 Å². The Labute approximate surface area is 368 Å². The molecule has 0 radical (unpaired) electrons. The van der Waals surface area contributed by atoms with Crippen molar-refractivity contribution in [1.29, 1.82) is 0 Å². The van der Waals surface area contributed by atoms with Gasteiger partial charge in [-0.25, -0.2) is 0 Å². The first-order chi connectivity index (χ1) is 38.7. The normalized spacial score (nSPS) is 18.0. The lowest BCUT2D eigenvalue weighted by Crippen LogP contribution is -1.93. The SMILES string of the molecule is [2H]c1cc([2H])cc(-c2c([2H])c([2H])c(-c3c([2H])c([2H])c4c(sc5c([2H])c(-n6c7cc([2H])c(-c8c([2H])c([2H])c9c(c8[2H])c8c([2H])c([2H])c([2H])c([2H])c8n9-c8ccccc8)c([2H])c7c7c([2H])c([2H])c([2H])c([2H])c76)c([2H])c([2H])c54)c3[2H])c([2H])c2[2H])c1. The molecule has 0 atom stereocenters. The molecule has 0 aliphatic rings. The average molecular weight is 768 g/mol. The number of hydrogen-bond acceptors (Lipinski definition) is 1. The Morgan fingerprint density at radius 2 is 0.860 bits per heavy atom. The van der Waals surface area contributed by atoms with Crippen LogP contribution in [-0.2, 0) is 0 Å². The van der Waals surface area contributed by atoms with Gasteiger partial charge in [-0.05, 0) is 99.9 Å². The van der Waals surface area contributed by atoms with Gasteiger partial charge in [0.15, 0.2) is 0 Å². The second kappa shape index (κ2) is 12.7. The van der Waals surface area contributed by atoms with E-state index in [9.17, 15) is 17.8 Å². The van der Waals surface area contributed by atoms with Crippen LogP contribution in [0.3, 0.4) is 0 Å². The first-order valence-electron chi connectivity index (χ1n) is 30.0. The van der Waals surface area contributed by atoms with Gasteiger partial charge in [-0.15, -0.1) is 11.3 Å². The highest BCUT2D eigenvalue weighted by molar-refractivity contribution is 7.25. The summed E-state index contributed by atoms with van der Waals surface area (Å²) in [6.07, 6.45) is 0. The topological polar surface area (TPSA) is 9.86 Å². The molecule has 3 heteroatoms. The van der Waals surface area contributed by atoms with E-state index in [2.05, 4.69) is 0 Å². The van der Waals surface area contributed by atoms with Crippen molar-refractivity contribution in [2.75, 3.05) is 0 Å². The van der Waals surface area contributed by atoms with Crippen molar-refractivity contribution >= 4 is 75.1 Å². The third kappa shape index (κ3) is 5.10. The van der Waals surface area contributed by atoms with Gasteiger partial charge in [-0.3, -0.25) is 0 Å². The van der Waals surface area contributed by atoms with E-state index in [1.165, 1.54) is 22.8 Å². The molecule has 266 valence electrons. The van der Waals surface area contributed by atoms with Crippen LogP contribution in [0.2, 0.25) is 0 Å². The molecule has 3 heterocycles. The van der Waals surface area contributed by atoms with Crippen LogP contribution in [0.25, 0.3) is 109 Å². The zero-order valence-electron chi connectivity index (χ0n) is 54.0.